The van der Waals surface area contributed by atoms with Gasteiger partial charge < -0.3 is 20.1 Å². The van der Waals surface area contributed by atoms with Gasteiger partial charge in [-0.05, 0) is 0 Å². The molecule has 3 N–H and O–H groups in total. The zero-order valence-corrected chi connectivity index (χ0v) is 4.19. The molecule has 4 nitrogen and oxygen atoms in total. The summed E-state index contributed by atoms with van der Waals surface area (Å²) >= 11 is 0. The van der Waals surface area contributed by atoms with Gasteiger partial charge in [0.05, 0.1) is 6.61 Å². The van der Waals surface area contributed by atoms with Crippen LogP contribution >= 0.6 is 0 Å². The summed E-state index contributed by atoms with van der Waals surface area (Å²) in [5.41, 5.74) is 0. The first-order chi connectivity index (χ1) is 3.72. The molecule has 0 radical (unpaired) electrons. The second kappa shape index (κ2) is 1.99. The molecule has 1 aliphatic rings. The first kappa shape index (κ1) is 5.97. The molecular weight excluding hydrogens is 116 g/mol. The lowest BCUT2D eigenvalue weighted by atomic mass is 11.2. The van der Waals surface area contributed by atoms with E-state index in [0.29, 0.717) is 0 Å². The summed E-state index contributed by atoms with van der Waals surface area (Å²) in [5.74, 6) is 0. The number of aliphatic hydroxyl groups is 3. The first-order valence-corrected chi connectivity index (χ1v) is 2.37. The predicted octanol–water partition coefficient (Wildman–Crippen LogP) is -1.94. The van der Waals surface area contributed by atoms with Gasteiger partial charge in [0.1, 0.15) is 12.2 Å². The molecule has 0 saturated carbocycles. The van der Waals surface area contributed by atoms with Crippen LogP contribution in [0.2, 0.25) is 0 Å². The molecule has 1 saturated heterocycles. The van der Waals surface area contributed by atoms with Crippen LogP contribution in [0.3, 0.4) is 0 Å². The van der Waals surface area contributed by atoms with E-state index in [4.69, 9.17) is 15.3 Å². The molecule has 3 atom stereocenters. The molecule has 0 aliphatic carbocycles. The van der Waals surface area contributed by atoms with Crippen LogP contribution < -0.4 is 0 Å². The Balaban J connectivity index is 2.44. The summed E-state index contributed by atoms with van der Waals surface area (Å²) in [6, 6.07) is 0. The molecule has 1 unspecified atom stereocenters. The molecule has 0 aromatic rings. The molecule has 1 rings (SSSR count). The van der Waals surface area contributed by atoms with Crippen molar-refractivity contribution < 1.29 is 20.1 Å². The molecule has 4 heteroatoms. The number of aliphatic hydroxyl groups excluding tert-OH is 3. The maximum absolute atomic E-state index is 8.64. The Morgan fingerprint density at radius 2 is 1.88 bits per heavy atom. The van der Waals surface area contributed by atoms with E-state index in [9.17, 15) is 0 Å². The number of hydrogen-bond acceptors (Lipinski definition) is 4. The fraction of sp³-hybridized carbons (Fsp3) is 1.00. The van der Waals surface area contributed by atoms with E-state index in [-0.39, 0.29) is 6.61 Å². The summed E-state index contributed by atoms with van der Waals surface area (Å²) in [7, 11) is 0. The lowest BCUT2D eigenvalue weighted by Gasteiger charge is -2.06. The average molecular weight is 124 g/mol. The molecule has 0 aromatic carbocycles. The second-order valence-electron chi connectivity index (χ2n) is 1.78. The van der Waals surface area contributed by atoms with Crippen molar-refractivity contribution in [2.24, 2.45) is 0 Å². The van der Waals surface area contributed by atoms with Crippen LogP contribution in [0.15, 0.2) is 0 Å². The molecular formula is C4H8O4. The SMILES string of the molecule is O[13CH]1O[13CH2][13C@@H](O)[13C@H]1O. The van der Waals surface area contributed by atoms with Gasteiger partial charge in [0.2, 0.25) is 0 Å². The van der Waals surface area contributed by atoms with Crippen LogP contribution in [0.4, 0.5) is 0 Å². The zero-order valence-electron chi connectivity index (χ0n) is 4.19. The Hall–Kier alpha value is -0.160. The van der Waals surface area contributed by atoms with Crippen molar-refractivity contribution in [2.45, 2.75) is 18.5 Å². The Bertz CT molecular complexity index is 74.1. The fourth-order valence-electron chi connectivity index (χ4n) is 0.584. The monoisotopic (exact) mass is 124 g/mol. The van der Waals surface area contributed by atoms with Gasteiger partial charge in [0, 0.05) is 0 Å². The summed E-state index contributed by atoms with van der Waals surface area (Å²) in [6.45, 7) is 0.0162. The largest absolute Gasteiger partial charge is 0.388 e. The van der Waals surface area contributed by atoms with Crippen molar-refractivity contribution >= 4 is 0 Å². The quantitative estimate of drug-likeness (QED) is 0.328. The minimum atomic E-state index is -1.20. The Morgan fingerprint density at radius 1 is 1.25 bits per heavy atom. The molecule has 48 valence electrons. The highest BCUT2D eigenvalue weighted by atomic mass is 16.8. The van der Waals surface area contributed by atoms with Crippen molar-refractivity contribution in [3.63, 3.8) is 0 Å². The van der Waals surface area contributed by atoms with Gasteiger partial charge in [0.25, 0.3) is 0 Å². The normalized spacial score (nSPS) is 47.6. The molecule has 8 heavy (non-hydrogen) atoms. The highest BCUT2D eigenvalue weighted by molar-refractivity contribution is 4.75. The van der Waals surface area contributed by atoms with Gasteiger partial charge in [-0.25, -0.2) is 0 Å². The third kappa shape index (κ3) is 0.830. The van der Waals surface area contributed by atoms with Crippen LogP contribution in [0.1, 0.15) is 0 Å². The Morgan fingerprint density at radius 3 is 2.00 bits per heavy atom. The van der Waals surface area contributed by atoms with Crippen molar-refractivity contribution in [3.05, 3.63) is 0 Å². The van der Waals surface area contributed by atoms with Crippen LogP contribution in [-0.2, 0) is 4.74 Å². The molecule has 1 aliphatic heterocycles. The van der Waals surface area contributed by atoms with Crippen LogP contribution in [0, 0.1) is 0 Å². The van der Waals surface area contributed by atoms with E-state index >= 15 is 0 Å². The average Bonchev–Trinajstić information content (AvgIpc) is 1.98. The standard InChI is InChI=1S/C4H8O4/c5-2-1-8-4(7)3(2)6/h2-7H,1H2/t2-,3-,4?/m1/s1/i1+1,2+1,3+1,4+1. The predicted molar refractivity (Wildman–Crippen MR) is 24.0 cm³/mol. The van der Waals surface area contributed by atoms with E-state index in [1.807, 2.05) is 0 Å². The van der Waals surface area contributed by atoms with Gasteiger partial charge in [-0.15, -0.1) is 0 Å². The van der Waals surface area contributed by atoms with Gasteiger partial charge in [-0.2, -0.15) is 0 Å². The summed E-state index contributed by atoms with van der Waals surface area (Å²) < 4.78 is 4.43. The van der Waals surface area contributed by atoms with Crippen molar-refractivity contribution in [1.29, 1.82) is 0 Å². The van der Waals surface area contributed by atoms with E-state index in [1.54, 1.807) is 0 Å². The van der Waals surface area contributed by atoms with E-state index in [2.05, 4.69) is 4.74 Å². The number of ether oxygens (including phenoxy) is 1. The van der Waals surface area contributed by atoms with Gasteiger partial charge in [-0.3, -0.25) is 0 Å². The highest BCUT2D eigenvalue weighted by Gasteiger charge is 2.32. The van der Waals surface area contributed by atoms with Crippen LogP contribution in [0.25, 0.3) is 0 Å². The molecule has 0 aromatic heterocycles. The first-order valence-electron chi connectivity index (χ1n) is 2.37. The van der Waals surface area contributed by atoms with Crippen LogP contribution in [0.5, 0.6) is 0 Å². The minimum absolute atomic E-state index is 0.0162. The zero-order chi connectivity index (χ0) is 6.15. The van der Waals surface area contributed by atoms with E-state index in [1.165, 1.54) is 0 Å². The Labute approximate surface area is 46.3 Å². The van der Waals surface area contributed by atoms with Gasteiger partial charge in [-0.1, -0.05) is 0 Å². The maximum atomic E-state index is 8.64. The Kier molecular flexibility index (Phi) is 1.48. The summed E-state index contributed by atoms with van der Waals surface area (Å²) in [6.07, 6.45) is -3.26. The van der Waals surface area contributed by atoms with Crippen molar-refractivity contribution in [3.8, 4) is 0 Å². The number of hydrogen-bond donors (Lipinski definition) is 3. The molecule has 1 fully saturated rings. The highest BCUT2D eigenvalue weighted by Crippen LogP contribution is 2.10. The lowest BCUT2D eigenvalue weighted by molar-refractivity contribution is -0.111. The van der Waals surface area contributed by atoms with E-state index < -0.39 is 18.5 Å². The summed E-state index contributed by atoms with van der Waals surface area (Å²) in [5, 5.41) is 25.8. The van der Waals surface area contributed by atoms with Gasteiger partial charge in [0.15, 0.2) is 6.29 Å². The molecule has 0 bridgehead atoms. The molecule has 0 amide bonds. The minimum Gasteiger partial charge on any atom is -0.388 e. The van der Waals surface area contributed by atoms with Gasteiger partial charge >= 0.3 is 0 Å². The smallest absolute Gasteiger partial charge is 0.183 e. The fourth-order valence-corrected chi connectivity index (χ4v) is 0.584. The third-order valence-corrected chi connectivity index (χ3v) is 1.12. The van der Waals surface area contributed by atoms with Crippen molar-refractivity contribution in [1.82, 2.24) is 0 Å². The lowest BCUT2D eigenvalue weighted by Crippen LogP contribution is -2.29. The number of rotatable bonds is 0. The second-order valence-corrected chi connectivity index (χ2v) is 1.78. The van der Waals surface area contributed by atoms with Crippen molar-refractivity contribution in [2.75, 3.05) is 6.61 Å². The molecule has 1 heterocycles. The summed E-state index contributed by atoms with van der Waals surface area (Å²) in [4.78, 5) is 0. The maximum Gasteiger partial charge on any atom is 0.183 e. The third-order valence-electron chi connectivity index (χ3n) is 1.12. The topological polar surface area (TPSA) is 69.9 Å². The van der Waals surface area contributed by atoms with E-state index in [0.717, 1.165) is 0 Å². The molecule has 0 spiro atoms. The van der Waals surface area contributed by atoms with Crippen LogP contribution in [-0.4, -0.2) is 40.4 Å².